The predicted octanol–water partition coefficient (Wildman–Crippen LogP) is 4.80. The summed E-state index contributed by atoms with van der Waals surface area (Å²) in [5.41, 5.74) is -0.581. The summed E-state index contributed by atoms with van der Waals surface area (Å²) in [5.74, 6) is -1.23. The first kappa shape index (κ1) is 23.0. The highest BCUT2D eigenvalue weighted by atomic mass is 19.1. The lowest BCUT2D eigenvalue weighted by Gasteiger charge is -2.23. The summed E-state index contributed by atoms with van der Waals surface area (Å²) in [5, 5.41) is 2.56. The van der Waals surface area contributed by atoms with E-state index in [0.717, 1.165) is 18.2 Å². The van der Waals surface area contributed by atoms with E-state index in [1.165, 1.54) is 0 Å². The number of nitrogens with one attached hydrogen (secondary N) is 1. The van der Waals surface area contributed by atoms with E-state index >= 15 is 0 Å². The number of amides is 1. The fourth-order valence-corrected chi connectivity index (χ4v) is 2.03. The summed E-state index contributed by atoms with van der Waals surface area (Å²) >= 11 is 0. The van der Waals surface area contributed by atoms with Gasteiger partial charge in [-0.15, -0.1) is 0 Å². The van der Waals surface area contributed by atoms with Crippen LogP contribution in [-0.2, 0) is 16.0 Å². The molecule has 0 saturated carbocycles. The predicted molar refractivity (Wildman–Crippen MR) is 94.5 cm³/mol. The molecule has 1 rings (SSSR count). The molecule has 1 atom stereocenters. The molecule has 0 aromatic heterocycles. The first-order chi connectivity index (χ1) is 11.6. The van der Waals surface area contributed by atoms with Gasteiger partial charge in [0.1, 0.15) is 23.0 Å². The van der Waals surface area contributed by atoms with Crippen molar-refractivity contribution >= 4 is 11.9 Å². The number of hydrogen-bond donors (Lipinski definition) is 1. The lowest BCUT2D eigenvalue weighted by molar-refractivity contribution is -0.119. The highest BCUT2D eigenvalue weighted by Crippen LogP contribution is 2.15. The van der Waals surface area contributed by atoms with Crippen molar-refractivity contribution in [3.8, 4) is 0 Å². The van der Waals surface area contributed by atoms with Gasteiger partial charge in [-0.3, -0.25) is 4.79 Å². The maximum Gasteiger partial charge on any atom is 0.407 e. The summed E-state index contributed by atoms with van der Waals surface area (Å²) in [7, 11) is 0. The van der Waals surface area contributed by atoms with Gasteiger partial charge in [0.2, 0.25) is 0 Å². The summed E-state index contributed by atoms with van der Waals surface area (Å²) in [4.78, 5) is 23.5. The molecule has 4 nitrogen and oxygen atoms in total. The number of halogens is 2. The summed E-state index contributed by atoms with van der Waals surface area (Å²) in [6, 6.07) is 2.45. The van der Waals surface area contributed by atoms with Crippen LogP contribution in [0.5, 0.6) is 0 Å². The van der Waals surface area contributed by atoms with Gasteiger partial charge in [-0.1, -0.05) is 20.8 Å². The molecule has 142 valence electrons. The molecule has 1 aromatic carbocycles. The Bertz CT molecular complexity index is 568. The van der Waals surface area contributed by atoms with Crippen LogP contribution in [-0.4, -0.2) is 23.5 Å². The second kappa shape index (κ2) is 10.8. The number of benzene rings is 1. The molecule has 6 heteroatoms. The van der Waals surface area contributed by atoms with Crippen molar-refractivity contribution in [1.29, 1.82) is 0 Å². The quantitative estimate of drug-likeness (QED) is 0.796. The van der Waals surface area contributed by atoms with Crippen LogP contribution in [0.2, 0.25) is 0 Å². The standard InChI is InChI=1S/C17H23F2NO3.C2H6/c1-5-14(21)10-13(20-16(22)23-17(2,3)4)9-11-8-12(18)6-7-15(11)19;1-2/h6-8,13H,5,9-10H2,1-4H3,(H,20,22);1-2H3. The number of alkyl carbamates (subject to hydrolysis) is 1. The van der Waals surface area contributed by atoms with Gasteiger partial charge in [-0.2, -0.15) is 0 Å². The Hall–Kier alpha value is -1.98. The minimum Gasteiger partial charge on any atom is -0.444 e. The lowest BCUT2D eigenvalue weighted by Crippen LogP contribution is -2.41. The molecule has 25 heavy (non-hydrogen) atoms. The highest BCUT2D eigenvalue weighted by Gasteiger charge is 2.22. The summed E-state index contributed by atoms with van der Waals surface area (Å²) < 4.78 is 32.2. The Morgan fingerprint density at radius 1 is 1.20 bits per heavy atom. The second-order valence-electron chi connectivity index (χ2n) is 6.38. The SMILES string of the molecule is CC.CCC(=O)CC(Cc1cc(F)ccc1F)NC(=O)OC(C)(C)C. The maximum absolute atomic E-state index is 13.8. The van der Waals surface area contributed by atoms with Crippen molar-refractivity contribution in [1.82, 2.24) is 5.32 Å². The van der Waals surface area contributed by atoms with Crippen LogP contribution >= 0.6 is 0 Å². The van der Waals surface area contributed by atoms with Crippen LogP contribution in [0, 0.1) is 11.6 Å². The van der Waals surface area contributed by atoms with Crippen molar-refractivity contribution in [2.75, 3.05) is 0 Å². The van der Waals surface area contributed by atoms with E-state index < -0.39 is 29.4 Å². The molecule has 0 aliphatic heterocycles. The molecule has 1 amide bonds. The zero-order valence-corrected chi connectivity index (χ0v) is 15.9. The summed E-state index contributed by atoms with van der Waals surface area (Å²) in [6.45, 7) is 10.8. The van der Waals surface area contributed by atoms with Gasteiger partial charge in [-0.05, 0) is 51.0 Å². The van der Waals surface area contributed by atoms with Crippen LogP contribution in [0.25, 0.3) is 0 Å². The van der Waals surface area contributed by atoms with Gasteiger partial charge < -0.3 is 10.1 Å². The number of ketones is 1. The van der Waals surface area contributed by atoms with Gasteiger partial charge in [0, 0.05) is 18.9 Å². The van der Waals surface area contributed by atoms with E-state index in [2.05, 4.69) is 5.32 Å². The molecule has 0 fully saturated rings. The number of ether oxygens (including phenoxy) is 1. The van der Waals surface area contributed by atoms with Crippen molar-refractivity contribution in [3.05, 3.63) is 35.4 Å². The monoisotopic (exact) mass is 357 g/mol. The van der Waals surface area contributed by atoms with Gasteiger partial charge in [-0.25, -0.2) is 13.6 Å². The van der Waals surface area contributed by atoms with E-state index in [1.54, 1.807) is 27.7 Å². The maximum atomic E-state index is 13.8. The van der Waals surface area contributed by atoms with Crippen molar-refractivity contribution in [3.63, 3.8) is 0 Å². The average Bonchev–Trinajstić information content (AvgIpc) is 2.50. The van der Waals surface area contributed by atoms with Crippen LogP contribution in [0.1, 0.15) is 59.9 Å². The second-order valence-corrected chi connectivity index (χ2v) is 6.38. The molecule has 0 aliphatic carbocycles. The van der Waals surface area contributed by atoms with E-state index in [-0.39, 0.29) is 24.2 Å². The lowest BCUT2D eigenvalue weighted by atomic mass is 10.00. The first-order valence-corrected chi connectivity index (χ1v) is 8.56. The van der Waals surface area contributed by atoms with Gasteiger partial charge >= 0.3 is 6.09 Å². The Labute approximate surface area is 148 Å². The van der Waals surface area contributed by atoms with E-state index in [9.17, 15) is 18.4 Å². The van der Waals surface area contributed by atoms with Gasteiger partial charge in [0.05, 0.1) is 0 Å². The number of rotatable bonds is 6. The Morgan fingerprint density at radius 2 is 1.80 bits per heavy atom. The fraction of sp³-hybridized carbons (Fsp3) is 0.579. The highest BCUT2D eigenvalue weighted by molar-refractivity contribution is 5.79. The smallest absolute Gasteiger partial charge is 0.407 e. The van der Waals surface area contributed by atoms with Crippen molar-refractivity contribution in [2.45, 2.75) is 72.4 Å². The van der Waals surface area contributed by atoms with Crippen LogP contribution in [0.3, 0.4) is 0 Å². The zero-order chi connectivity index (χ0) is 19.6. The van der Waals surface area contributed by atoms with Gasteiger partial charge in [0.25, 0.3) is 0 Å². The van der Waals surface area contributed by atoms with Crippen LogP contribution in [0.4, 0.5) is 13.6 Å². The largest absolute Gasteiger partial charge is 0.444 e. The Kier molecular flexibility index (Phi) is 9.94. The molecule has 0 aliphatic rings. The topological polar surface area (TPSA) is 55.4 Å². The fourth-order valence-electron chi connectivity index (χ4n) is 2.03. The number of carbonyl (C=O) groups excluding carboxylic acids is 2. The molecule has 0 saturated heterocycles. The Balaban J connectivity index is 0.00000277. The molecule has 1 unspecified atom stereocenters. The molecule has 0 radical (unpaired) electrons. The molecule has 0 heterocycles. The zero-order valence-electron chi connectivity index (χ0n) is 15.9. The molecule has 1 aromatic rings. The van der Waals surface area contributed by atoms with Crippen LogP contribution < -0.4 is 5.32 Å². The van der Waals surface area contributed by atoms with Crippen LogP contribution in [0.15, 0.2) is 18.2 Å². The number of hydrogen-bond acceptors (Lipinski definition) is 3. The Morgan fingerprint density at radius 3 is 2.32 bits per heavy atom. The third kappa shape index (κ3) is 9.79. The molecule has 0 spiro atoms. The van der Waals surface area contributed by atoms with Gasteiger partial charge in [0.15, 0.2) is 0 Å². The van der Waals surface area contributed by atoms with E-state index in [1.807, 2.05) is 13.8 Å². The molecular weight excluding hydrogens is 328 g/mol. The first-order valence-electron chi connectivity index (χ1n) is 8.56. The average molecular weight is 357 g/mol. The molecule has 1 N–H and O–H groups in total. The minimum absolute atomic E-state index is 0.00851. The normalized spacial score (nSPS) is 11.8. The third-order valence-corrected chi connectivity index (χ3v) is 3.06. The summed E-state index contributed by atoms with van der Waals surface area (Å²) in [6.07, 6.45) is -0.346. The van der Waals surface area contributed by atoms with Crippen molar-refractivity contribution < 1.29 is 23.1 Å². The third-order valence-electron chi connectivity index (χ3n) is 3.06. The van der Waals surface area contributed by atoms with Crippen molar-refractivity contribution in [2.24, 2.45) is 0 Å². The number of carbonyl (C=O) groups is 2. The molecular formula is C19H29F2NO3. The minimum atomic E-state index is -0.691. The van der Waals surface area contributed by atoms with E-state index in [0.29, 0.717) is 6.42 Å². The number of Topliss-reactive ketones (excluding diaryl/α,β-unsaturated/α-hetero) is 1. The van der Waals surface area contributed by atoms with E-state index in [4.69, 9.17) is 4.74 Å². The molecule has 0 bridgehead atoms.